The summed E-state index contributed by atoms with van der Waals surface area (Å²) in [4.78, 5) is 9.85. The molecular formula is C7H11NO2. The molecule has 0 saturated carbocycles. The van der Waals surface area contributed by atoms with Crippen molar-refractivity contribution in [3.8, 4) is 0 Å². The summed E-state index contributed by atoms with van der Waals surface area (Å²) in [6, 6.07) is 0. The summed E-state index contributed by atoms with van der Waals surface area (Å²) in [6.45, 7) is 2.01. The topological polar surface area (TPSA) is 49.3 Å². The molecule has 0 aliphatic heterocycles. The van der Waals surface area contributed by atoms with Crippen molar-refractivity contribution in [2.75, 3.05) is 0 Å². The van der Waals surface area contributed by atoms with E-state index < -0.39 is 6.09 Å². The normalized spacial score (nSPS) is 10.9. The van der Waals surface area contributed by atoms with Crippen LogP contribution < -0.4 is 5.32 Å². The fourth-order valence-electron chi connectivity index (χ4n) is 0.390. The van der Waals surface area contributed by atoms with E-state index in [2.05, 4.69) is 5.32 Å². The molecule has 0 aliphatic rings. The first-order chi connectivity index (χ1) is 4.77. The monoisotopic (exact) mass is 141 g/mol. The van der Waals surface area contributed by atoms with Gasteiger partial charge in [-0.15, -0.1) is 0 Å². The second-order valence-electron chi connectivity index (χ2n) is 1.65. The van der Waals surface area contributed by atoms with Gasteiger partial charge in [-0.2, -0.15) is 0 Å². The van der Waals surface area contributed by atoms with Crippen molar-refractivity contribution in [2.24, 2.45) is 0 Å². The third-order valence-electron chi connectivity index (χ3n) is 0.786. The summed E-state index contributed by atoms with van der Waals surface area (Å²) in [5.41, 5.74) is 0. The zero-order valence-electron chi connectivity index (χ0n) is 5.87. The molecule has 0 aliphatic carbocycles. The maximum Gasteiger partial charge on any atom is 0.408 e. The standard InChI is InChI=1S/C7H11NO2/c1-2-3-4-5-6-8-7(9)10/h3-6,8H,2H2,1H3,(H,9,10). The van der Waals surface area contributed by atoms with E-state index in [1.54, 1.807) is 12.2 Å². The fourth-order valence-corrected chi connectivity index (χ4v) is 0.390. The molecule has 0 bridgehead atoms. The molecule has 0 aromatic carbocycles. The van der Waals surface area contributed by atoms with E-state index >= 15 is 0 Å². The Labute approximate surface area is 60.1 Å². The number of amides is 1. The lowest BCUT2D eigenvalue weighted by molar-refractivity contribution is 0.198. The Kier molecular flexibility index (Phi) is 5.14. The first kappa shape index (κ1) is 8.75. The third-order valence-corrected chi connectivity index (χ3v) is 0.786. The third kappa shape index (κ3) is 6.75. The van der Waals surface area contributed by atoms with Gasteiger partial charge in [-0.3, -0.25) is 5.32 Å². The minimum absolute atomic E-state index is 0.956. The van der Waals surface area contributed by atoms with Crippen LogP contribution in [0.25, 0.3) is 0 Å². The Morgan fingerprint density at radius 2 is 2.30 bits per heavy atom. The minimum atomic E-state index is -1.04. The van der Waals surface area contributed by atoms with E-state index in [9.17, 15) is 4.79 Å². The van der Waals surface area contributed by atoms with Crippen LogP contribution in [0.2, 0.25) is 0 Å². The average molecular weight is 141 g/mol. The molecule has 56 valence electrons. The van der Waals surface area contributed by atoms with Crippen molar-refractivity contribution in [3.63, 3.8) is 0 Å². The van der Waals surface area contributed by atoms with Crippen molar-refractivity contribution in [2.45, 2.75) is 13.3 Å². The Hall–Kier alpha value is -1.25. The summed E-state index contributed by atoms with van der Waals surface area (Å²) in [5, 5.41) is 10.2. The largest absolute Gasteiger partial charge is 0.465 e. The summed E-state index contributed by atoms with van der Waals surface area (Å²) in [6.07, 6.45) is 6.64. The summed E-state index contributed by atoms with van der Waals surface area (Å²) in [5.74, 6) is 0. The smallest absolute Gasteiger partial charge is 0.408 e. The van der Waals surface area contributed by atoms with Gasteiger partial charge in [0.15, 0.2) is 0 Å². The predicted octanol–water partition coefficient (Wildman–Crippen LogP) is 1.73. The highest BCUT2D eigenvalue weighted by atomic mass is 16.4. The second-order valence-corrected chi connectivity index (χ2v) is 1.65. The number of hydrogen-bond acceptors (Lipinski definition) is 1. The van der Waals surface area contributed by atoms with Crippen LogP contribution in [0.3, 0.4) is 0 Å². The second kappa shape index (κ2) is 5.88. The molecule has 0 aromatic rings. The highest BCUT2D eigenvalue weighted by Crippen LogP contribution is 1.79. The molecule has 2 N–H and O–H groups in total. The minimum Gasteiger partial charge on any atom is -0.465 e. The molecule has 0 heterocycles. The Morgan fingerprint density at radius 1 is 1.60 bits per heavy atom. The van der Waals surface area contributed by atoms with Gasteiger partial charge in [0.25, 0.3) is 0 Å². The van der Waals surface area contributed by atoms with Crippen molar-refractivity contribution in [3.05, 3.63) is 24.4 Å². The van der Waals surface area contributed by atoms with Crippen LogP contribution in [0.4, 0.5) is 4.79 Å². The van der Waals surface area contributed by atoms with Crippen LogP contribution in [0.15, 0.2) is 24.4 Å². The lowest BCUT2D eigenvalue weighted by atomic mass is 10.4. The summed E-state index contributed by atoms with van der Waals surface area (Å²) < 4.78 is 0. The van der Waals surface area contributed by atoms with E-state index in [4.69, 9.17) is 5.11 Å². The molecule has 0 saturated heterocycles. The predicted molar refractivity (Wildman–Crippen MR) is 39.7 cm³/mol. The molecule has 0 atom stereocenters. The van der Waals surface area contributed by atoms with Gasteiger partial charge in [-0.1, -0.05) is 19.1 Å². The molecule has 0 aromatic heterocycles. The lowest BCUT2D eigenvalue weighted by Gasteiger charge is -1.85. The molecule has 0 rings (SSSR count). The lowest BCUT2D eigenvalue weighted by Crippen LogP contribution is -2.12. The van der Waals surface area contributed by atoms with Crippen LogP contribution in [0.1, 0.15) is 13.3 Å². The van der Waals surface area contributed by atoms with E-state index in [0.717, 1.165) is 6.42 Å². The van der Waals surface area contributed by atoms with E-state index in [-0.39, 0.29) is 0 Å². The van der Waals surface area contributed by atoms with Gasteiger partial charge >= 0.3 is 6.09 Å². The highest BCUT2D eigenvalue weighted by Gasteiger charge is 1.82. The zero-order chi connectivity index (χ0) is 7.82. The highest BCUT2D eigenvalue weighted by molar-refractivity contribution is 5.65. The Balaban J connectivity index is 3.37. The molecule has 10 heavy (non-hydrogen) atoms. The van der Waals surface area contributed by atoms with Gasteiger partial charge in [0.1, 0.15) is 0 Å². The molecule has 0 unspecified atom stereocenters. The van der Waals surface area contributed by atoms with Gasteiger partial charge in [0, 0.05) is 6.20 Å². The Bertz CT molecular complexity index is 150. The summed E-state index contributed by atoms with van der Waals surface area (Å²) >= 11 is 0. The number of nitrogens with one attached hydrogen (secondary N) is 1. The van der Waals surface area contributed by atoms with Gasteiger partial charge in [-0.05, 0) is 12.5 Å². The van der Waals surface area contributed by atoms with Crippen molar-refractivity contribution in [1.29, 1.82) is 0 Å². The fraction of sp³-hybridized carbons (Fsp3) is 0.286. The molecule has 0 fully saturated rings. The number of carboxylic acid groups (broad SMARTS) is 1. The maximum atomic E-state index is 9.85. The van der Waals surface area contributed by atoms with Crippen molar-refractivity contribution >= 4 is 6.09 Å². The maximum absolute atomic E-state index is 9.85. The van der Waals surface area contributed by atoms with Gasteiger partial charge in [-0.25, -0.2) is 4.79 Å². The molecule has 0 radical (unpaired) electrons. The number of allylic oxidation sites excluding steroid dienone is 3. The average Bonchev–Trinajstić information content (AvgIpc) is 1.87. The first-order valence-electron chi connectivity index (χ1n) is 3.08. The van der Waals surface area contributed by atoms with Crippen LogP contribution in [0.5, 0.6) is 0 Å². The first-order valence-corrected chi connectivity index (χ1v) is 3.08. The van der Waals surface area contributed by atoms with E-state index in [1.165, 1.54) is 6.20 Å². The van der Waals surface area contributed by atoms with Gasteiger partial charge < -0.3 is 5.11 Å². The molecule has 0 spiro atoms. The van der Waals surface area contributed by atoms with Gasteiger partial charge in [0.05, 0.1) is 0 Å². The Morgan fingerprint density at radius 3 is 2.80 bits per heavy atom. The van der Waals surface area contributed by atoms with Crippen molar-refractivity contribution < 1.29 is 9.90 Å². The molecule has 3 heteroatoms. The van der Waals surface area contributed by atoms with Crippen LogP contribution in [-0.4, -0.2) is 11.2 Å². The SMILES string of the molecule is CCC=CC=CNC(=O)O. The molecule has 3 nitrogen and oxygen atoms in total. The summed E-state index contributed by atoms with van der Waals surface area (Å²) in [7, 11) is 0. The number of hydrogen-bond donors (Lipinski definition) is 2. The zero-order valence-corrected chi connectivity index (χ0v) is 5.87. The number of rotatable bonds is 3. The van der Waals surface area contributed by atoms with Gasteiger partial charge in [0.2, 0.25) is 0 Å². The number of carbonyl (C=O) groups is 1. The van der Waals surface area contributed by atoms with Crippen molar-refractivity contribution in [1.82, 2.24) is 5.32 Å². The van der Waals surface area contributed by atoms with Crippen LogP contribution >= 0.6 is 0 Å². The molecule has 1 amide bonds. The van der Waals surface area contributed by atoms with E-state index in [0.29, 0.717) is 0 Å². The molecular weight excluding hydrogens is 130 g/mol. The quantitative estimate of drug-likeness (QED) is 0.588. The van der Waals surface area contributed by atoms with Crippen LogP contribution in [-0.2, 0) is 0 Å². The van der Waals surface area contributed by atoms with Crippen LogP contribution in [0, 0.1) is 0 Å². The van der Waals surface area contributed by atoms with E-state index in [1.807, 2.05) is 13.0 Å².